The molecular weight excluding hydrogens is 419 g/mol. The summed E-state index contributed by atoms with van der Waals surface area (Å²) in [5.74, 6) is -0.291. The molecule has 1 saturated heterocycles. The van der Waals surface area contributed by atoms with E-state index in [0.29, 0.717) is 24.2 Å². The Morgan fingerprint density at radius 2 is 1.81 bits per heavy atom. The summed E-state index contributed by atoms with van der Waals surface area (Å²) in [6, 6.07) is 17.6. The maximum atomic E-state index is 13.1. The maximum Gasteiger partial charge on any atom is 0.416 e. The number of rotatable bonds is 4. The van der Waals surface area contributed by atoms with Gasteiger partial charge in [-0.25, -0.2) is 4.68 Å². The lowest BCUT2D eigenvalue weighted by molar-refractivity contribution is -0.137. The lowest BCUT2D eigenvalue weighted by atomic mass is 9.81. The monoisotopic (exact) mass is 441 g/mol. The Morgan fingerprint density at radius 1 is 1.06 bits per heavy atom. The first-order valence-corrected chi connectivity index (χ1v) is 10.2. The van der Waals surface area contributed by atoms with Crippen LogP contribution in [0.25, 0.3) is 11.3 Å². The number of hydrogen-bond donors (Lipinski definition) is 0. The zero-order valence-electron chi connectivity index (χ0n) is 17.5. The van der Waals surface area contributed by atoms with Gasteiger partial charge in [-0.3, -0.25) is 9.59 Å². The summed E-state index contributed by atoms with van der Waals surface area (Å²) in [6.45, 7) is 2.31. The summed E-state index contributed by atoms with van der Waals surface area (Å²) in [6.07, 6.45) is -3.89. The van der Waals surface area contributed by atoms with E-state index in [4.69, 9.17) is 0 Å². The number of halogens is 3. The third-order valence-electron chi connectivity index (χ3n) is 5.93. The van der Waals surface area contributed by atoms with E-state index in [1.54, 1.807) is 17.0 Å². The van der Waals surface area contributed by atoms with E-state index in [1.165, 1.54) is 12.1 Å². The number of aromatic nitrogens is 2. The average Bonchev–Trinajstić information content (AvgIpc) is 3.19. The van der Waals surface area contributed by atoms with Crippen molar-refractivity contribution in [3.8, 4) is 11.3 Å². The molecule has 8 heteroatoms. The molecule has 0 bridgehead atoms. The molecule has 3 aromatic rings. The van der Waals surface area contributed by atoms with Gasteiger partial charge in [0, 0.05) is 30.1 Å². The Morgan fingerprint density at radius 3 is 2.53 bits per heavy atom. The predicted molar refractivity (Wildman–Crippen MR) is 114 cm³/mol. The molecule has 2 heterocycles. The fraction of sp³-hybridized carbons (Fsp3) is 0.292. The first-order valence-electron chi connectivity index (χ1n) is 10.2. The SMILES string of the molecule is CC1(c2cccc(C(F)(F)F)c2)CCN(C(=O)Cn2nc(-c3ccccc3)ccc2=O)C1. The first-order chi connectivity index (χ1) is 15.2. The summed E-state index contributed by atoms with van der Waals surface area (Å²) in [7, 11) is 0. The maximum absolute atomic E-state index is 13.1. The lowest BCUT2D eigenvalue weighted by Crippen LogP contribution is -2.37. The molecule has 0 N–H and O–H groups in total. The molecule has 1 unspecified atom stereocenters. The van der Waals surface area contributed by atoms with Crippen LogP contribution in [0.4, 0.5) is 13.2 Å². The van der Waals surface area contributed by atoms with Gasteiger partial charge in [-0.2, -0.15) is 18.3 Å². The highest BCUT2D eigenvalue weighted by atomic mass is 19.4. The number of carbonyl (C=O) groups is 1. The topological polar surface area (TPSA) is 55.2 Å². The van der Waals surface area contributed by atoms with Crippen molar-refractivity contribution in [2.24, 2.45) is 0 Å². The van der Waals surface area contributed by atoms with Crippen LogP contribution >= 0.6 is 0 Å². The van der Waals surface area contributed by atoms with Gasteiger partial charge < -0.3 is 4.90 Å². The van der Waals surface area contributed by atoms with Crippen molar-refractivity contribution in [3.63, 3.8) is 0 Å². The predicted octanol–water partition coefficient (Wildman–Crippen LogP) is 4.12. The normalized spacial score (nSPS) is 18.7. The third kappa shape index (κ3) is 4.44. The molecule has 1 aliphatic heterocycles. The highest BCUT2D eigenvalue weighted by Gasteiger charge is 2.39. The molecule has 32 heavy (non-hydrogen) atoms. The van der Waals surface area contributed by atoms with Crippen LogP contribution in [0.15, 0.2) is 71.5 Å². The fourth-order valence-electron chi connectivity index (χ4n) is 4.03. The molecule has 0 aliphatic carbocycles. The molecule has 5 nitrogen and oxygen atoms in total. The number of benzene rings is 2. The van der Waals surface area contributed by atoms with Gasteiger partial charge >= 0.3 is 6.18 Å². The van der Waals surface area contributed by atoms with E-state index < -0.39 is 22.7 Å². The number of amides is 1. The van der Waals surface area contributed by atoms with Crippen LogP contribution in [0.1, 0.15) is 24.5 Å². The van der Waals surface area contributed by atoms with Crippen LogP contribution < -0.4 is 5.56 Å². The minimum atomic E-state index is -4.42. The molecule has 166 valence electrons. The van der Waals surface area contributed by atoms with Gasteiger partial charge in [0.05, 0.1) is 11.3 Å². The zero-order chi connectivity index (χ0) is 22.9. The Balaban J connectivity index is 1.51. The molecule has 0 radical (unpaired) electrons. The van der Waals surface area contributed by atoms with Crippen LogP contribution in [-0.2, 0) is 22.9 Å². The quantitative estimate of drug-likeness (QED) is 0.612. The van der Waals surface area contributed by atoms with Crippen molar-refractivity contribution in [3.05, 3.63) is 88.2 Å². The van der Waals surface area contributed by atoms with Gasteiger partial charge in [-0.15, -0.1) is 0 Å². The van der Waals surface area contributed by atoms with Crippen molar-refractivity contribution in [2.45, 2.75) is 31.5 Å². The fourth-order valence-corrected chi connectivity index (χ4v) is 4.03. The molecule has 0 saturated carbocycles. The van der Waals surface area contributed by atoms with Gasteiger partial charge in [-0.1, -0.05) is 55.5 Å². The highest BCUT2D eigenvalue weighted by molar-refractivity contribution is 5.76. The van der Waals surface area contributed by atoms with Crippen molar-refractivity contribution < 1.29 is 18.0 Å². The van der Waals surface area contributed by atoms with Gasteiger partial charge in [0.25, 0.3) is 5.56 Å². The molecule has 1 amide bonds. The molecule has 1 atom stereocenters. The second-order valence-corrected chi connectivity index (χ2v) is 8.29. The summed E-state index contributed by atoms with van der Waals surface area (Å²) in [5.41, 5.74) is 0.262. The second-order valence-electron chi connectivity index (χ2n) is 8.29. The average molecular weight is 441 g/mol. The van der Waals surface area contributed by atoms with Gasteiger partial charge in [-0.05, 0) is 24.1 Å². The van der Waals surface area contributed by atoms with Gasteiger partial charge in [0.15, 0.2) is 0 Å². The van der Waals surface area contributed by atoms with Crippen molar-refractivity contribution in [1.82, 2.24) is 14.7 Å². The number of alkyl halides is 3. The highest BCUT2D eigenvalue weighted by Crippen LogP contribution is 2.37. The molecule has 1 fully saturated rings. The van der Waals surface area contributed by atoms with Crippen LogP contribution in [0.2, 0.25) is 0 Å². The standard InChI is InChI=1S/C24H22F3N3O2/c1-23(18-8-5-9-19(14-18)24(25,26)27)12-13-29(16-23)22(32)15-30-21(31)11-10-20(28-30)17-6-3-2-4-7-17/h2-11,14H,12-13,15-16H2,1H3. The van der Waals surface area contributed by atoms with E-state index in [0.717, 1.165) is 22.4 Å². The second kappa shape index (κ2) is 8.26. The molecule has 1 aromatic heterocycles. The van der Waals surface area contributed by atoms with Crippen LogP contribution in [0, 0.1) is 0 Å². The van der Waals surface area contributed by atoms with E-state index >= 15 is 0 Å². The van der Waals surface area contributed by atoms with Crippen molar-refractivity contribution in [2.75, 3.05) is 13.1 Å². The Hall–Kier alpha value is -3.42. The molecular formula is C24H22F3N3O2. The third-order valence-corrected chi connectivity index (χ3v) is 5.93. The summed E-state index contributed by atoms with van der Waals surface area (Å²) in [4.78, 5) is 26.7. The summed E-state index contributed by atoms with van der Waals surface area (Å²) < 4.78 is 40.5. The number of nitrogens with zero attached hydrogens (tertiary/aromatic N) is 3. The minimum Gasteiger partial charge on any atom is -0.340 e. The van der Waals surface area contributed by atoms with E-state index in [2.05, 4.69) is 5.10 Å². The van der Waals surface area contributed by atoms with Crippen molar-refractivity contribution >= 4 is 5.91 Å². The van der Waals surface area contributed by atoms with Crippen LogP contribution in [0.3, 0.4) is 0 Å². The number of likely N-dealkylation sites (tertiary alicyclic amines) is 1. The van der Waals surface area contributed by atoms with Crippen molar-refractivity contribution in [1.29, 1.82) is 0 Å². The Bertz CT molecular complexity index is 1190. The summed E-state index contributed by atoms with van der Waals surface area (Å²) in [5, 5.41) is 4.32. The Labute approximate surface area is 183 Å². The lowest BCUT2D eigenvalue weighted by Gasteiger charge is -2.26. The smallest absolute Gasteiger partial charge is 0.340 e. The Kier molecular flexibility index (Phi) is 5.62. The molecule has 0 spiro atoms. The van der Waals surface area contributed by atoms with Gasteiger partial charge in [0.2, 0.25) is 5.91 Å². The molecule has 1 aliphatic rings. The van der Waals surface area contributed by atoms with Crippen LogP contribution in [-0.4, -0.2) is 33.7 Å². The van der Waals surface area contributed by atoms with E-state index in [9.17, 15) is 22.8 Å². The summed E-state index contributed by atoms with van der Waals surface area (Å²) >= 11 is 0. The largest absolute Gasteiger partial charge is 0.416 e. The van der Waals surface area contributed by atoms with Crippen LogP contribution in [0.5, 0.6) is 0 Å². The first kappa shape index (κ1) is 21.8. The molecule has 2 aromatic carbocycles. The number of hydrogen-bond acceptors (Lipinski definition) is 3. The van der Waals surface area contributed by atoms with Gasteiger partial charge in [0.1, 0.15) is 6.54 Å². The zero-order valence-corrected chi connectivity index (χ0v) is 17.5. The molecule has 4 rings (SSSR count). The van der Waals surface area contributed by atoms with E-state index in [1.807, 2.05) is 37.3 Å². The minimum absolute atomic E-state index is 0.224. The number of carbonyl (C=O) groups excluding carboxylic acids is 1. The van der Waals surface area contributed by atoms with E-state index in [-0.39, 0.29) is 19.0 Å².